The normalized spacial score (nSPS) is 38.3. The van der Waals surface area contributed by atoms with E-state index in [0.29, 0.717) is 31.8 Å². The molecule has 7 rings (SSSR count). The van der Waals surface area contributed by atoms with E-state index in [1.807, 2.05) is 25.1 Å². The van der Waals surface area contributed by atoms with Gasteiger partial charge in [-0.25, -0.2) is 0 Å². The van der Waals surface area contributed by atoms with Gasteiger partial charge >= 0.3 is 0 Å². The Morgan fingerprint density at radius 3 is 2.00 bits per heavy atom. The number of hydrogen-bond donors (Lipinski definition) is 2. The second-order valence-corrected chi connectivity index (χ2v) is 18.1. The molecule has 0 unspecified atom stereocenters. The molecule has 4 aliphatic heterocycles. The summed E-state index contributed by atoms with van der Waals surface area (Å²) in [6, 6.07) is 21.0. The van der Waals surface area contributed by atoms with E-state index in [2.05, 4.69) is 76.2 Å². The Labute approximate surface area is 244 Å². The van der Waals surface area contributed by atoms with Crippen LogP contribution in [-0.4, -0.2) is 75.3 Å². The molecule has 5 atom stereocenters. The van der Waals surface area contributed by atoms with Gasteiger partial charge in [-0.05, 0) is 33.3 Å². The molecule has 41 heavy (non-hydrogen) atoms. The third kappa shape index (κ3) is 4.59. The molecule has 2 aromatic carbocycles. The van der Waals surface area contributed by atoms with Gasteiger partial charge in [0.25, 0.3) is 14.3 Å². The van der Waals surface area contributed by atoms with Crippen LogP contribution in [0.25, 0.3) is 0 Å². The van der Waals surface area contributed by atoms with Crippen LogP contribution >= 0.6 is 0 Å². The predicted octanol–water partition coefficient (Wildman–Crippen LogP) is 3.37. The van der Waals surface area contributed by atoms with E-state index in [4.69, 9.17) is 23.4 Å². The predicted molar refractivity (Wildman–Crippen MR) is 158 cm³/mol. The first kappa shape index (κ1) is 29.2. The Balaban J connectivity index is 1.36. The molecule has 0 radical (unpaired) electrons. The summed E-state index contributed by atoms with van der Waals surface area (Å²) >= 11 is 0. The summed E-state index contributed by atoms with van der Waals surface area (Å²) in [7, 11) is -2.78. The lowest BCUT2D eigenvalue weighted by atomic mass is 9.64. The fourth-order valence-corrected chi connectivity index (χ4v) is 11.9. The molecule has 222 valence electrons. The minimum atomic E-state index is -2.78. The maximum Gasteiger partial charge on any atom is 0.289 e. The Bertz CT molecular complexity index is 1200. The molecule has 1 saturated carbocycles. The monoisotopic (exact) mass is 580 g/mol. The molecule has 2 aromatic rings. The van der Waals surface area contributed by atoms with Crippen molar-refractivity contribution in [1.82, 2.24) is 0 Å². The fourth-order valence-electron chi connectivity index (χ4n) is 7.42. The van der Waals surface area contributed by atoms with Crippen LogP contribution in [0.4, 0.5) is 0 Å². The number of hydrogen-bond acceptors (Lipinski definition) is 7. The van der Waals surface area contributed by atoms with Crippen molar-refractivity contribution in [2.24, 2.45) is 17.3 Å². The molecule has 7 nitrogen and oxygen atoms in total. The van der Waals surface area contributed by atoms with Crippen LogP contribution in [-0.2, 0) is 23.4 Å². The maximum atomic E-state index is 12.5. The lowest BCUT2D eigenvalue weighted by Gasteiger charge is -2.58. The van der Waals surface area contributed by atoms with Crippen LogP contribution in [0.2, 0.25) is 5.04 Å². The molecule has 2 bridgehead atoms. The summed E-state index contributed by atoms with van der Waals surface area (Å²) < 4.78 is 31.9. The van der Waals surface area contributed by atoms with Crippen molar-refractivity contribution in [2.45, 2.75) is 69.9 Å². The Hall–Kier alpha value is -1.88. The average molecular weight is 581 g/mol. The zero-order valence-electron chi connectivity index (χ0n) is 24.8. The van der Waals surface area contributed by atoms with Crippen molar-refractivity contribution in [3.05, 3.63) is 72.3 Å². The van der Waals surface area contributed by atoms with Crippen LogP contribution in [0, 0.1) is 17.3 Å². The highest BCUT2D eigenvalue weighted by atomic mass is 28.4. The van der Waals surface area contributed by atoms with E-state index in [0.717, 1.165) is 0 Å². The molecular formula is C33H44O7Si. The molecule has 0 aromatic heterocycles. The Morgan fingerprint density at radius 1 is 0.951 bits per heavy atom. The van der Waals surface area contributed by atoms with Crippen LogP contribution in [0.3, 0.4) is 0 Å². The zero-order valence-corrected chi connectivity index (χ0v) is 25.8. The van der Waals surface area contributed by atoms with Gasteiger partial charge in [0, 0.05) is 5.41 Å². The third-order valence-corrected chi connectivity index (χ3v) is 14.7. The van der Waals surface area contributed by atoms with Gasteiger partial charge in [-0.2, -0.15) is 0 Å². The van der Waals surface area contributed by atoms with Crippen LogP contribution in [0.1, 0.15) is 41.0 Å². The van der Waals surface area contributed by atoms with E-state index in [1.54, 1.807) is 0 Å². The topological polar surface area (TPSA) is 86.6 Å². The number of aliphatic hydroxyl groups excluding tert-OH is 1. The average Bonchev–Trinajstić information content (AvgIpc) is 3.31. The molecular weight excluding hydrogens is 536 g/mol. The fraction of sp³-hybridized carbons (Fsp3) is 0.576. The second-order valence-electron chi connectivity index (χ2n) is 13.8. The minimum absolute atomic E-state index is 0.126. The Kier molecular flexibility index (Phi) is 7.39. The van der Waals surface area contributed by atoms with Crippen LogP contribution < -0.4 is 10.4 Å². The molecule has 4 heterocycles. The molecule has 5 aliphatic rings. The van der Waals surface area contributed by atoms with Crippen LogP contribution in [0.5, 0.6) is 0 Å². The van der Waals surface area contributed by atoms with E-state index in [-0.39, 0.29) is 29.6 Å². The number of rotatable bonds is 6. The summed E-state index contributed by atoms with van der Waals surface area (Å²) in [6.07, 6.45) is 0.798. The minimum Gasteiger partial charge on any atom is -0.404 e. The highest BCUT2D eigenvalue weighted by Gasteiger charge is 2.69. The summed E-state index contributed by atoms with van der Waals surface area (Å²) in [5.41, 5.74) is -1.04. The van der Waals surface area contributed by atoms with Gasteiger partial charge in [0.1, 0.15) is 11.7 Å². The SMILES string of the molecule is C[C@@H]1C[C@H](C23OCC(C)(CO2)CO3)[C@@]2(O)/C(=C/CO[Si](c3ccccc3)(c3ccccc3)C(C)(C)C)CO[C@H]2[C@@H]1O. The van der Waals surface area contributed by atoms with Crippen molar-refractivity contribution in [1.29, 1.82) is 0 Å². The largest absolute Gasteiger partial charge is 0.404 e. The summed E-state index contributed by atoms with van der Waals surface area (Å²) in [6.45, 7) is 12.8. The third-order valence-electron chi connectivity index (χ3n) is 9.74. The lowest BCUT2D eigenvalue weighted by Crippen LogP contribution is -2.71. The quantitative estimate of drug-likeness (QED) is 0.400. The highest BCUT2D eigenvalue weighted by Crippen LogP contribution is 2.55. The van der Waals surface area contributed by atoms with Gasteiger partial charge < -0.3 is 33.6 Å². The van der Waals surface area contributed by atoms with Gasteiger partial charge in [-0.15, -0.1) is 0 Å². The first-order valence-corrected chi connectivity index (χ1v) is 16.7. The number of fused-ring (bicyclic) bond motifs is 4. The molecule has 4 saturated heterocycles. The number of ether oxygens (including phenoxy) is 4. The van der Waals surface area contributed by atoms with E-state index in [1.165, 1.54) is 10.4 Å². The van der Waals surface area contributed by atoms with Gasteiger partial charge in [0.05, 0.1) is 45.1 Å². The van der Waals surface area contributed by atoms with Crippen molar-refractivity contribution >= 4 is 18.7 Å². The van der Waals surface area contributed by atoms with E-state index >= 15 is 0 Å². The highest BCUT2D eigenvalue weighted by molar-refractivity contribution is 6.99. The van der Waals surface area contributed by atoms with Crippen molar-refractivity contribution in [3.63, 3.8) is 0 Å². The summed E-state index contributed by atoms with van der Waals surface area (Å²) in [5, 5.41) is 25.9. The molecule has 0 amide bonds. The van der Waals surface area contributed by atoms with Gasteiger partial charge in [0.2, 0.25) is 0 Å². The van der Waals surface area contributed by atoms with Gasteiger partial charge in [-0.3, -0.25) is 0 Å². The molecule has 0 spiro atoms. The molecule has 5 fully saturated rings. The van der Waals surface area contributed by atoms with E-state index in [9.17, 15) is 10.2 Å². The standard InChI is InChI=1S/C33H44O7Si/c1-23-18-27(33-37-20-31(5,21-38-33)22-39-33)32(35)24(19-36-29(32)28(23)34)16-17-40-41(30(2,3)4,25-12-8-6-9-13-25)26-14-10-7-11-15-26/h6-16,23,27-29,34-35H,17-22H2,1-5H3/b24-16+/t23-,27+,28-,29+,31?,32+,33?/m1/s1. The van der Waals surface area contributed by atoms with Gasteiger partial charge in [-0.1, -0.05) is 101 Å². The smallest absolute Gasteiger partial charge is 0.289 e. The summed E-state index contributed by atoms with van der Waals surface area (Å²) in [5.74, 6) is -2.06. The zero-order chi connectivity index (χ0) is 29.1. The second kappa shape index (κ2) is 10.4. The maximum absolute atomic E-state index is 12.5. The van der Waals surface area contributed by atoms with Crippen LogP contribution in [0.15, 0.2) is 72.3 Å². The number of benzene rings is 2. The van der Waals surface area contributed by atoms with Crippen molar-refractivity contribution in [3.8, 4) is 0 Å². The Morgan fingerprint density at radius 2 is 1.49 bits per heavy atom. The first-order chi connectivity index (χ1) is 19.5. The molecule has 1 aliphatic carbocycles. The van der Waals surface area contributed by atoms with Crippen molar-refractivity contribution in [2.75, 3.05) is 33.0 Å². The summed E-state index contributed by atoms with van der Waals surface area (Å²) in [4.78, 5) is 0. The number of aliphatic hydroxyl groups is 2. The molecule has 2 N–H and O–H groups in total. The first-order valence-electron chi connectivity index (χ1n) is 14.8. The molecule has 8 heteroatoms. The van der Waals surface area contributed by atoms with Gasteiger partial charge in [0.15, 0.2) is 0 Å². The van der Waals surface area contributed by atoms with E-state index < -0.39 is 38.0 Å². The van der Waals surface area contributed by atoms with Crippen molar-refractivity contribution < 1.29 is 33.6 Å². The lowest BCUT2D eigenvalue weighted by molar-refractivity contribution is -0.497.